The maximum atomic E-state index is 5.84. The van der Waals surface area contributed by atoms with Crippen LogP contribution in [0.4, 0.5) is 0 Å². The SMILES string of the molecule is CC(C)(C)C1COCCN(PP)C1C(C)(C)C. The van der Waals surface area contributed by atoms with E-state index in [4.69, 9.17) is 4.74 Å². The molecule has 0 bridgehead atoms. The predicted molar refractivity (Wildman–Crippen MR) is 81.7 cm³/mol. The van der Waals surface area contributed by atoms with Crippen molar-refractivity contribution in [3.05, 3.63) is 0 Å². The summed E-state index contributed by atoms with van der Waals surface area (Å²) >= 11 is 0. The Morgan fingerprint density at radius 3 is 2.12 bits per heavy atom. The number of hydrogen-bond acceptors (Lipinski definition) is 2. The smallest absolute Gasteiger partial charge is 0.0597 e. The lowest BCUT2D eigenvalue weighted by Gasteiger charge is -2.47. The topological polar surface area (TPSA) is 12.5 Å². The molecule has 1 heterocycles. The minimum absolute atomic E-state index is 0.296. The first-order valence-electron chi connectivity index (χ1n) is 6.48. The van der Waals surface area contributed by atoms with Crippen molar-refractivity contribution in [3.8, 4) is 0 Å². The van der Waals surface area contributed by atoms with Crippen LogP contribution in [0.5, 0.6) is 0 Å². The number of hydrogen-bond donors (Lipinski definition) is 0. The van der Waals surface area contributed by atoms with Crippen LogP contribution in [0.25, 0.3) is 0 Å². The van der Waals surface area contributed by atoms with Gasteiger partial charge in [0, 0.05) is 18.5 Å². The summed E-state index contributed by atoms with van der Waals surface area (Å²) in [5.74, 6) is 0.595. The average molecular weight is 277 g/mol. The van der Waals surface area contributed by atoms with Crippen LogP contribution in [0, 0.1) is 16.7 Å². The first-order chi connectivity index (χ1) is 7.68. The molecule has 4 unspecified atom stereocenters. The zero-order valence-electron chi connectivity index (χ0n) is 12.2. The van der Waals surface area contributed by atoms with Crippen LogP contribution in [-0.2, 0) is 4.74 Å². The predicted octanol–water partition coefficient (Wildman–Crippen LogP) is 3.78. The molecule has 0 aromatic heterocycles. The Morgan fingerprint density at radius 2 is 1.71 bits per heavy atom. The molecule has 0 aromatic carbocycles. The molecular weight excluding hydrogens is 248 g/mol. The first-order valence-corrected chi connectivity index (χ1v) is 9.24. The van der Waals surface area contributed by atoms with Gasteiger partial charge in [-0.25, -0.2) is 0 Å². The van der Waals surface area contributed by atoms with Gasteiger partial charge in [-0.05, 0) is 19.3 Å². The van der Waals surface area contributed by atoms with Crippen LogP contribution in [0.15, 0.2) is 0 Å². The second kappa shape index (κ2) is 5.83. The quantitative estimate of drug-likeness (QED) is 0.676. The first kappa shape index (κ1) is 15.8. The van der Waals surface area contributed by atoms with Crippen LogP contribution in [0.2, 0.25) is 0 Å². The molecule has 17 heavy (non-hydrogen) atoms. The molecule has 0 aliphatic carbocycles. The average Bonchev–Trinajstić information content (AvgIpc) is 2.36. The van der Waals surface area contributed by atoms with Gasteiger partial charge in [-0.2, -0.15) is 0 Å². The van der Waals surface area contributed by atoms with Gasteiger partial charge in [0.25, 0.3) is 0 Å². The van der Waals surface area contributed by atoms with Gasteiger partial charge in [-0.3, -0.25) is 4.67 Å². The van der Waals surface area contributed by atoms with Crippen molar-refractivity contribution in [1.82, 2.24) is 4.67 Å². The Morgan fingerprint density at radius 1 is 1.12 bits per heavy atom. The summed E-state index contributed by atoms with van der Waals surface area (Å²) < 4.78 is 8.45. The van der Waals surface area contributed by atoms with Crippen molar-refractivity contribution in [3.63, 3.8) is 0 Å². The Hall–Kier alpha value is 0.780. The molecule has 1 aliphatic heterocycles. The molecular formula is C13H29NOP2. The molecule has 4 atom stereocenters. The van der Waals surface area contributed by atoms with Crippen molar-refractivity contribution in [2.75, 3.05) is 19.8 Å². The van der Waals surface area contributed by atoms with Crippen molar-refractivity contribution >= 4 is 17.3 Å². The van der Waals surface area contributed by atoms with Crippen LogP contribution in [-0.4, -0.2) is 30.5 Å². The monoisotopic (exact) mass is 277 g/mol. The highest BCUT2D eigenvalue weighted by Crippen LogP contribution is 2.45. The van der Waals surface area contributed by atoms with Gasteiger partial charge in [-0.15, -0.1) is 0 Å². The molecule has 0 aromatic rings. The molecule has 102 valence electrons. The van der Waals surface area contributed by atoms with E-state index < -0.39 is 0 Å². The summed E-state index contributed by atoms with van der Waals surface area (Å²) in [5.41, 5.74) is 0.597. The largest absolute Gasteiger partial charge is 0.380 e. The van der Waals surface area contributed by atoms with Crippen LogP contribution in [0.1, 0.15) is 41.5 Å². The van der Waals surface area contributed by atoms with Gasteiger partial charge in [0.05, 0.1) is 13.2 Å². The van der Waals surface area contributed by atoms with E-state index in [1.165, 1.54) is 0 Å². The van der Waals surface area contributed by atoms with E-state index >= 15 is 0 Å². The normalized spacial score (nSPS) is 29.8. The minimum atomic E-state index is 0.296. The van der Waals surface area contributed by atoms with E-state index in [1.807, 2.05) is 0 Å². The van der Waals surface area contributed by atoms with Crippen molar-refractivity contribution in [2.45, 2.75) is 47.6 Å². The van der Waals surface area contributed by atoms with Crippen molar-refractivity contribution in [2.24, 2.45) is 16.7 Å². The second-order valence-electron chi connectivity index (χ2n) is 7.18. The molecule has 0 spiro atoms. The Labute approximate surface area is 111 Å². The van der Waals surface area contributed by atoms with E-state index in [0.29, 0.717) is 22.8 Å². The van der Waals surface area contributed by atoms with E-state index in [0.717, 1.165) is 28.2 Å². The van der Waals surface area contributed by atoms with E-state index in [1.54, 1.807) is 0 Å². The van der Waals surface area contributed by atoms with E-state index in [-0.39, 0.29) is 0 Å². The summed E-state index contributed by atoms with van der Waals surface area (Å²) in [6.07, 6.45) is 0. The Balaban J connectivity index is 3.05. The number of nitrogens with zero attached hydrogens (tertiary/aromatic N) is 1. The molecule has 1 rings (SSSR count). The maximum Gasteiger partial charge on any atom is 0.0597 e. The lowest BCUT2D eigenvalue weighted by molar-refractivity contribution is 0.0271. The third-order valence-electron chi connectivity index (χ3n) is 3.66. The summed E-state index contributed by atoms with van der Waals surface area (Å²) in [6.45, 7) is 17.0. The van der Waals surface area contributed by atoms with Gasteiger partial charge in [0.2, 0.25) is 0 Å². The molecule has 1 saturated heterocycles. The third kappa shape index (κ3) is 4.13. The number of ether oxygens (including phenoxy) is 1. The molecule has 0 N–H and O–H groups in total. The molecule has 4 heteroatoms. The molecule has 0 radical (unpaired) electrons. The fourth-order valence-electron chi connectivity index (χ4n) is 2.76. The highest BCUT2D eigenvalue weighted by molar-refractivity contribution is 8.01. The second-order valence-corrected chi connectivity index (χ2v) is 8.79. The summed E-state index contributed by atoms with van der Waals surface area (Å²) in [4.78, 5) is 0. The zero-order chi connectivity index (χ0) is 13.3. The fraction of sp³-hybridized carbons (Fsp3) is 1.00. The molecule has 0 saturated carbocycles. The highest BCUT2D eigenvalue weighted by Gasteiger charge is 2.43. The minimum Gasteiger partial charge on any atom is -0.380 e. The van der Waals surface area contributed by atoms with Gasteiger partial charge < -0.3 is 4.74 Å². The lowest BCUT2D eigenvalue weighted by Crippen LogP contribution is -2.49. The Kier molecular flexibility index (Phi) is 5.43. The van der Waals surface area contributed by atoms with Gasteiger partial charge in [0.1, 0.15) is 0 Å². The van der Waals surface area contributed by atoms with Crippen LogP contribution < -0.4 is 0 Å². The maximum absolute atomic E-state index is 5.84. The van der Waals surface area contributed by atoms with Crippen LogP contribution >= 0.6 is 17.3 Å². The van der Waals surface area contributed by atoms with Crippen molar-refractivity contribution in [1.29, 1.82) is 0 Å². The molecule has 0 amide bonds. The van der Waals surface area contributed by atoms with Crippen molar-refractivity contribution < 1.29 is 4.74 Å². The summed E-state index contributed by atoms with van der Waals surface area (Å²) in [7, 11) is 3.70. The summed E-state index contributed by atoms with van der Waals surface area (Å²) in [6, 6.07) is 0.598. The highest BCUT2D eigenvalue weighted by atomic mass is 32.0. The molecule has 1 fully saturated rings. The Bertz CT molecular complexity index is 245. The molecule has 1 aliphatic rings. The van der Waals surface area contributed by atoms with Gasteiger partial charge in [-0.1, -0.05) is 50.5 Å². The van der Waals surface area contributed by atoms with Crippen LogP contribution in [0.3, 0.4) is 0 Å². The van der Waals surface area contributed by atoms with E-state index in [9.17, 15) is 0 Å². The summed E-state index contributed by atoms with van der Waals surface area (Å²) in [5, 5.41) is 0. The zero-order valence-corrected chi connectivity index (χ0v) is 14.4. The third-order valence-corrected chi connectivity index (χ3v) is 5.48. The fourth-order valence-corrected chi connectivity index (χ4v) is 4.58. The van der Waals surface area contributed by atoms with E-state index in [2.05, 4.69) is 55.1 Å². The van der Waals surface area contributed by atoms with Gasteiger partial charge in [0.15, 0.2) is 0 Å². The standard InChI is InChI=1S/C13H29NOP2/c1-12(2,3)10-9-15-8-7-14(17-16)11(10)13(4,5)6/h10-11,17H,7-9,16H2,1-6H3. The van der Waals surface area contributed by atoms with Gasteiger partial charge >= 0.3 is 0 Å². The number of rotatable bonds is 1. The molecule has 2 nitrogen and oxygen atoms in total. The lowest BCUT2D eigenvalue weighted by atomic mass is 9.68.